The van der Waals surface area contributed by atoms with Crippen LogP contribution in [0.2, 0.25) is 0 Å². The van der Waals surface area contributed by atoms with E-state index in [0.717, 1.165) is 0 Å². The van der Waals surface area contributed by atoms with Gasteiger partial charge in [0.2, 0.25) is 0 Å². The number of carbonyl (C=O) groups is 3. The molecular formula is C15H14N2O4. The highest BCUT2D eigenvalue weighted by molar-refractivity contribution is 6.20. The van der Waals surface area contributed by atoms with Crippen molar-refractivity contribution in [2.75, 3.05) is 19.1 Å². The standard InChI is InChI=1S/C15H14N2O4/c1-8(18)11-12(21-3)15(20)17-10-7-5-4-6-9(10)14(19)16(2)13(11)17/h4-7,13H,1-3H3. The number of ketones is 1. The predicted octanol–water partition coefficient (Wildman–Crippen LogP) is 0.934. The minimum absolute atomic E-state index is 0.00357. The van der Waals surface area contributed by atoms with Gasteiger partial charge in [-0.1, -0.05) is 12.1 Å². The number of ether oxygens (including phenoxy) is 1. The number of carbonyl (C=O) groups excluding carboxylic acids is 3. The lowest BCUT2D eigenvalue weighted by atomic mass is 10.0. The van der Waals surface area contributed by atoms with E-state index >= 15 is 0 Å². The number of Topliss-reactive ketones (excluding diaryl/α,β-unsaturated/α-hetero) is 1. The third kappa shape index (κ3) is 1.62. The number of likely N-dealkylation sites (N-methyl/N-ethyl adjacent to an activating group) is 1. The third-order valence-corrected chi connectivity index (χ3v) is 3.83. The molecule has 2 aliphatic heterocycles. The topological polar surface area (TPSA) is 66.9 Å². The maximum atomic E-state index is 12.6. The molecule has 0 spiro atoms. The molecule has 1 aromatic carbocycles. The summed E-state index contributed by atoms with van der Waals surface area (Å²) in [6.07, 6.45) is -0.743. The third-order valence-electron chi connectivity index (χ3n) is 3.83. The van der Waals surface area contributed by atoms with E-state index in [4.69, 9.17) is 4.74 Å². The Kier molecular flexibility index (Phi) is 2.83. The number of rotatable bonds is 2. The summed E-state index contributed by atoms with van der Waals surface area (Å²) in [5, 5.41) is 0. The second kappa shape index (κ2) is 4.44. The fourth-order valence-electron chi connectivity index (χ4n) is 2.89. The highest BCUT2D eigenvalue weighted by atomic mass is 16.5. The molecule has 0 N–H and O–H groups in total. The molecule has 1 atom stereocenters. The van der Waals surface area contributed by atoms with Gasteiger partial charge in [0.05, 0.1) is 23.9 Å². The molecule has 1 aromatic rings. The Bertz CT molecular complexity index is 707. The fraction of sp³-hybridized carbons (Fsp3) is 0.267. The van der Waals surface area contributed by atoms with Gasteiger partial charge in [-0.3, -0.25) is 19.3 Å². The van der Waals surface area contributed by atoms with Crippen molar-refractivity contribution in [3.8, 4) is 0 Å². The molecule has 0 saturated heterocycles. The molecule has 0 bridgehead atoms. The number of amides is 2. The second-order valence-electron chi connectivity index (χ2n) is 4.99. The molecule has 6 heteroatoms. The molecule has 6 nitrogen and oxygen atoms in total. The molecule has 2 aliphatic rings. The van der Waals surface area contributed by atoms with Gasteiger partial charge in [0.1, 0.15) is 6.17 Å². The van der Waals surface area contributed by atoms with Gasteiger partial charge < -0.3 is 9.64 Å². The van der Waals surface area contributed by atoms with E-state index in [1.807, 2.05) is 0 Å². The van der Waals surface area contributed by atoms with Gasteiger partial charge in [0, 0.05) is 7.05 Å². The average Bonchev–Trinajstić information content (AvgIpc) is 2.78. The Labute approximate surface area is 121 Å². The van der Waals surface area contributed by atoms with Crippen molar-refractivity contribution < 1.29 is 19.1 Å². The number of methoxy groups -OCH3 is 1. The Morgan fingerprint density at radius 3 is 2.48 bits per heavy atom. The van der Waals surface area contributed by atoms with Gasteiger partial charge in [-0.15, -0.1) is 0 Å². The first-order valence-corrected chi connectivity index (χ1v) is 6.48. The van der Waals surface area contributed by atoms with Gasteiger partial charge in [-0.2, -0.15) is 0 Å². The molecule has 2 amide bonds. The predicted molar refractivity (Wildman–Crippen MR) is 74.5 cm³/mol. The van der Waals surface area contributed by atoms with Crippen LogP contribution in [0.25, 0.3) is 0 Å². The lowest BCUT2D eigenvalue weighted by molar-refractivity contribution is -0.118. The molecular weight excluding hydrogens is 272 g/mol. The smallest absolute Gasteiger partial charge is 0.295 e. The van der Waals surface area contributed by atoms with Crippen molar-refractivity contribution in [3.05, 3.63) is 41.2 Å². The van der Waals surface area contributed by atoms with Crippen molar-refractivity contribution in [2.45, 2.75) is 13.1 Å². The monoisotopic (exact) mass is 286 g/mol. The van der Waals surface area contributed by atoms with Crippen LogP contribution >= 0.6 is 0 Å². The van der Waals surface area contributed by atoms with E-state index in [9.17, 15) is 14.4 Å². The number of anilines is 1. The van der Waals surface area contributed by atoms with E-state index in [0.29, 0.717) is 11.3 Å². The minimum Gasteiger partial charge on any atom is -0.491 e. The summed E-state index contributed by atoms with van der Waals surface area (Å²) in [6, 6.07) is 6.85. The van der Waals surface area contributed by atoms with Crippen LogP contribution < -0.4 is 4.90 Å². The quantitative estimate of drug-likeness (QED) is 0.811. The molecule has 21 heavy (non-hydrogen) atoms. The van der Waals surface area contributed by atoms with Crippen LogP contribution in [0, 0.1) is 0 Å². The molecule has 2 heterocycles. The van der Waals surface area contributed by atoms with Crippen LogP contribution in [-0.4, -0.2) is 42.8 Å². The number of para-hydroxylation sites is 1. The maximum absolute atomic E-state index is 12.6. The fourth-order valence-corrected chi connectivity index (χ4v) is 2.89. The normalized spacial score (nSPS) is 20.6. The van der Waals surface area contributed by atoms with Crippen LogP contribution in [0.4, 0.5) is 5.69 Å². The Hall–Kier alpha value is -2.63. The number of nitrogens with zero attached hydrogens (tertiary/aromatic N) is 2. The first-order valence-electron chi connectivity index (χ1n) is 6.48. The highest BCUT2D eigenvalue weighted by Gasteiger charge is 2.50. The first-order chi connectivity index (χ1) is 9.99. The molecule has 3 rings (SSSR count). The molecule has 0 saturated carbocycles. The molecule has 0 aromatic heterocycles. The lowest BCUT2D eigenvalue weighted by Gasteiger charge is -2.39. The van der Waals surface area contributed by atoms with Gasteiger partial charge >= 0.3 is 0 Å². The summed E-state index contributed by atoms with van der Waals surface area (Å²) >= 11 is 0. The van der Waals surface area contributed by atoms with Crippen molar-refractivity contribution in [1.82, 2.24) is 4.90 Å². The van der Waals surface area contributed by atoms with E-state index < -0.39 is 12.1 Å². The van der Waals surface area contributed by atoms with E-state index in [-0.39, 0.29) is 23.0 Å². The van der Waals surface area contributed by atoms with Crippen molar-refractivity contribution in [2.24, 2.45) is 0 Å². The summed E-state index contributed by atoms with van der Waals surface area (Å²) in [7, 11) is 2.92. The van der Waals surface area contributed by atoms with Crippen LogP contribution in [-0.2, 0) is 14.3 Å². The Balaban J connectivity index is 2.26. The van der Waals surface area contributed by atoms with Gasteiger partial charge in [-0.05, 0) is 19.1 Å². The highest BCUT2D eigenvalue weighted by Crippen LogP contribution is 2.39. The van der Waals surface area contributed by atoms with Crippen LogP contribution in [0.15, 0.2) is 35.6 Å². The molecule has 0 radical (unpaired) electrons. The van der Waals surface area contributed by atoms with Crippen LogP contribution in [0.3, 0.4) is 0 Å². The average molecular weight is 286 g/mol. The van der Waals surface area contributed by atoms with E-state index in [1.54, 1.807) is 31.3 Å². The summed E-state index contributed by atoms with van der Waals surface area (Å²) in [5.41, 5.74) is 1.15. The van der Waals surface area contributed by atoms with Crippen molar-refractivity contribution >= 4 is 23.3 Å². The van der Waals surface area contributed by atoms with E-state index in [1.165, 1.54) is 23.8 Å². The number of fused-ring (bicyclic) bond motifs is 3. The molecule has 0 fully saturated rings. The zero-order valence-corrected chi connectivity index (χ0v) is 11.9. The minimum atomic E-state index is -0.743. The van der Waals surface area contributed by atoms with Gasteiger partial charge in [0.25, 0.3) is 11.8 Å². The number of benzene rings is 1. The summed E-state index contributed by atoms with van der Waals surface area (Å²) in [4.78, 5) is 39.7. The largest absolute Gasteiger partial charge is 0.491 e. The van der Waals surface area contributed by atoms with Crippen LogP contribution in [0.5, 0.6) is 0 Å². The Morgan fingerprint density at radius 1 is 1.19 bits per heavy atom. The lowest BCUT2D eigenvalue weighted by Crippen LogP contribution is -2.54. The first kappa shape index (κ1) is 13.4. The van der Waals surface area contributed by atoms with Crippen LogP contribution in [0.1, 0.15) is 17.3 Å². The Morgan fingerprint density at radius 2 is 1.86 bits per heavy atom. The summed E-state index contributed by atoms with van der Waals surface area (Å²) in [6.45, 7) is 1.37. The summed E-state index contributed by atoms with van der Waals surface area (Å²) < 4.78 is 5.12. The zero-order chi connectivity index (χ0) is 15.3. The van der Waals surface area contributed by atoms with Gasteiger partial charge in [0.15, 0.2) is 11.5 Å². The molecule has 0 aliphatic carbocycles. The molecule has 108 valence electrons. The SMILES string of the molecule is COC1=C(C(C)=O)C2N(C)C(=O)c3ccccc3N2C1=O. The number of hydrogen-bond acceptors (Lipinski definition) is 4. The van der Waals surface area contributed by atoms with E-state index in [2.05, 4.69) is 0 Å². The number of hydrogen-bond donors (Lipinski definition) is 0. The molecule has 1 unspecified atom stereocenters. The zero-order valence-electron chi connectivity index (χ0n) is 11.9. The maximum Gasteiger partial charge on any atom is 0.295 e. The van der Waals surface area contributed by atoms with Gasteiger partial charge in [-0.25, -0.2) is 0 Å². The van der Waals surface area contributed by atoms with Crippen molar-refractivity contribution in [1.29, 1.82) is 0 Å². The summed E-state index contributed by atoms with van der Waals surface area (Å²) in [5.74, 6) is -0.911. The van der Waals surface area contributed by atoms with Crippen molar-refractivity contribution in [3.63, 3.8) is 0 Å². The second-order valence-corrected chi connectivity index (χ2v) is 4.99.